The van der Waals surface area contributed by atoms with Crippen LogP contribution >= 0.6 is 23.5 Å². The molecular formula is C12H16N4S2. The van der Waals surface area contributed by atoms with Gasteiger partial charge in [-0.05, 0) is 26.4 Å². The summed E-state index contributed by atoms with van der Waals surface area (Å²) in [7, 11) is 0. The van der Waals surface area contributed by atoms with Gasteiger partial charge in [0, 0.05) is 12.4 Å². The average Bonchev–Trinajstić information content (AvgIpc) is 2.41. The predicted octanol–water partition coefficient (Wildman–Crippen LogP) is 3.01. The zero-order valence-corrected chi connectivity index (χ0v) is 12.5. The zero-order chi connectivity index (χ0) is 13.4. The number of hydrogen-bond donors (Lipinski definition) is 0. The second-order valence-corrected chi connectivity index (χ2v) is 5.05. The number of aromatic nitrogens is 4. The van der Waals surface area contributed by atoms with Crippen LogP contribution in [0, 0.1) is 13.8 Å². The van der Waals surface area contributed by atoms with Gasteiger partial charge >= 0.3 is 0 Å². The smallest absolute Gasteiger partial charge is 0.114 e. The van der Waals surface area contributed by atoms with Crippen LogP contribution in [0.1, 0.15) is 11.4 Å². The van der Waals surface area contributed by atoms with Gasteiger partial charge in [0.05, 0.1) is 23.8 Å². The second kappa shape index (κ2) is 8.05. The van der Waals surface area contributed by atoms with Crippen LogP contribution in [0.25, 0.3) is 0 Å². The third-order valence-electron chi connectivity index (χ3n) is 1.93. The molecule has 0 fully saturated rings. The summed E-state index contributed by atoms with van der Waals surface area (Å²) in [6.45, 7) is 3.86. The van der Waals surface area contributed by atoms with Crippen molar-refractivity contribution in [2.75, 3.05) is 12.5 Å². The molecule has 2 aromatic rings. The first-order chi connectivity index (χ1) is 8.65. The first kappa shape index (κ1) is 14.9. The third-order valence-corrected chi connectivity index (χ3v) is 3.19. The van der Waals surface area contributed by atoms with Crippen LogP contribution in [-0.4, -0.2) is 32.4 Å². The molecule has 0 amide bonds. The largest absolute Gasteiger partial charge is 0.257 e. The molecule has 0 aliphatic carbocycles. The Morgan fingerprint density at radius 1 is 0.667 bits per heavy atom. The Kier molecular flexibility index (Phi) is 6.67. The van der Waals surface area contributed by atoms with Gasteiger partial charge < -0.3 is 0 Å². The predicted molar refractivity (Wildman–Crippen MR) is 77.1 cm³/mol. The van der Waals surface area contributed by atoms with E-state index in [0.29, 0.717) is 0 Å². The van der Waals surface area contributed by atoms with Crippen LogP contribution < -0.4 is 0 Å². The van der Waals surface area contributed by atoms with Crippen molar-refractivity contribution in [3.05, 3.63) is 36.2 Å². The summed E-state index contributed by atoms with van der Waals surface area (Å²) in [5.74, 6) is 0. The van der Waals surface area contributed by atoms with E-state index in [1.54, 1.807) is 48.3 Å². The standard InChI is InChI=1S/2C6H8N2S/c2*1-5-3-8-6(9-2)4-7-5/h2*3-4H,1-2H3. The Bertz CT molecular complexity index is 411. The van der Waals surface area contributed by atoms with Gasteiger partial charge in [-0.2, -0.15) is 0 Å². The molecule has 0 unspecified atom stereocenters. The summed E-state index contributed by atoms with van der Waals surface area (Å²) in [4.78, 5) is 16.3. The van der Waals surface area contributed by atoms with Crippen molar-refractivity contribution in [2.24, 2.45) is 0 Å². The molecule has 2 aromatic heterocycles. The Labute approximate surface area is 116 Å². The highest BCUT2D eigenvalue weighted by Crippen LogP contribution is 2.08. The van der Waals surface area contributed by atoms with Crippen molar-refractivity contribution in [1.29, 1.82) is 0 Å². The minimum Gasteiger partial charge on any atom is -0.257 e. The molecule has 18 heavy (non-hydrogen) atoms. The second-order valence-electron chi connectivity index (χ2n) is 3.40. The molecule has 0 saturated heterocycles. The molecule has 0 saturated carbocycles. The van der Waals surface area contributed by atoms with E-state index in [9.17, 15) is 0 Å². The summed E-state index contributed by atoms with van der Waals surface area (Å²) in [5, 5.41) is 1.95. The highest BCUT2D eigenvalue weighted by Gasteiger charge is 1.89. The molecule has 4 nitrogen and oxygen atoms in total. The van der Waals surface area contributed by atoms with Gasteiger partial charge in [-0.1, -0.05) is 0 Å². The Balaban J connectivity index is 0.000000180. The maximum absolute atomic E-state index is 4.10. The molecule has 0 aliphatic heterocycles. The molecule has 0 spiro atoms. The summed E-state index contributed by atoms with van der Waals surface area (Å²) < 4.78 is 0. The molecule has 96 valence electrons. The van der Waals surface area contributed by atoms with Crippen molar-refractivity contribution in [1.82, 2.24) is 19.9 Å². The first-order valence-corrected chi connectivity index (χ1v) is 7.76. The van der Waals surface area contributed by atoms with Crippen molar-refractivity contribution in [3.8, 4) is 0 Å². The van der Waals surface area contributed by atoms with Crippen LogP contribution in [0.3, 0.4) is 0 Å². The number of rotatable bonds is 2. The van der Waals surface area contributed by atoms with E-state index >= 15 is 0 Å². The van der Waals surface area contributed by atoms with Gasteiger partial charge in [-0.25, -0.2) is 9.97 Å². The summed E-state index contributed by atoms with van der Waals surface area (Å²) >= 11 is 3.21. The lowest BCUT2D eigenvalue weighted by Gasteiger charge is -1.92. The molecule has 6 heteroatoms. The molecule has 2 rings (SSSR count). The van der Waals surface area contributed by atoms with Crippen molar-refractivity contribution in [3.63, 3.8) is 0 Å². The fraction of sp³-hybridized carbons (Fsp3) is 0.333. The fourth-order valence-corrected chi connectivity index (χ4v) is 1.60. The minimum absolute atomic E-state index is 0.966. The van der Waals surface area contributed by atoms with Crippen LogP contribution in [-0.2, 0) is 0 Å². The van der Waals surface area contributed by atoms with Gasteiger partial charge in [0.25, 0.3) is 0 Å². The number of thioether (sulfide) groups is 2. The molecular weight excluding hydrogens is 264 g/mol. The van der Waals surface area contributed by atoms with Gasteiger partial charge in [-0.3, -0.25) is 9.97 Å². The van der Waals surface area contributed by atoms with Gasteiger partial charge in [0.15, 0.2) is 0 Å². The van der Waals surface area contributed by atoms with Crippen molar-refractivity contribution < 1.29 is 0 Å². The maximum atomic E-state index is 4.10. The quantitative estimate of drug-likeness (QED) is 0.788. The van der Waals surface area contributed by atoms with E-state index in [1.807, 2.05) is 26.4 Å². The van der Waals surface area contributed by atoms with E-state index in [4.69, 9.17) is 0 Å². The highest BCUT2D eigenvalue weighted by molar-refractivity contribution is 7.98. The Morgan fingerprint density at radius 2 is 1.06 bits per heavy atom. The van der Waals surface area contributed by atoms with Gasteiger partial charge in [-0.15, -0.1) is 23.5 Å². The normalized spacial score (nSPS) is 9.56. The molecule has 0 radical (unpaired) electrons. The van der Waals surface area contributed by atoms with E-state index < -0.39 is 0 Å². The van der Waals surface area contributed by atoms with E-state index in [1.165, 1.54) is 0 Å². The van der Waals surface area contributed by atoms with Gasteiger partial charge in [0.1, 0.15) is 10.1 Å². The molecule has 0 atom stereocenters. The average molecular weight is 280 g/mol. The maximum Gasteiger partial charge on any atom is 0.114 e. The zero-order valence-electron chi connectivity index (χ0n) is 10.9. The number of nitrogens with zero attached hydrogens (tertiary/aromatic N) is 4. The molecule has 0 bridgehead atoms. The van der Waals surface area contributed by atoms with E-state index in [-0.39, 0.29) is 0 Å². The molecule has 0 aromatic carbocycles. The topological polar surface area (TPSA) is 51.6 Å². The van der Waals surface area contributed by atoms with E-state index in [2.05, 4.69) is 19.9 Å². The van der Waals surface area contributed by atoms with Crippen LogP contribution in [0.5, 0.6) is 0 Å². The molecule has 0 aliphatic rings. The fourth-order valence-electron chi connectivity index (χ4n) is 0.972. The SMILES string of the molecule is CSc1cnc(C)cn1.CSc1cnc(C)cn1. The summed E-state index contributed by atoms with van der Waals surface area (Å²) in [5.41, 5.74) is 1.93. The third kappa shape index (κ3) is 5.46. The van der Waals surface area contributed by atoms with Crippen molar-refractivity contribution >= 4 is 23.5 Å². The lowest BCUT2D eigenvalue weighted by Crippen LogP contribution is -1.83. The summed E-state index contributed by atoms with van der Waals surface area (Å²) in [6, 6.07) is 0. The molecule has 0 N–H and O–H groups in total. The summed E-state index contributed by atoms with van der Waals surface area (Å²) in [6.07, 6.45) is 11.1. The molecule has 2 heterocycles. The Morgan fingerprint density at radius 3 is 1.28 bits per heavy atom. The minimum atomic E-state index is 0.966. The lowest BCUT2D eigenvalue weighted by atomic mass is 10.5. The van der Waals surface area contributed by atoms with E-state index in [0.717, 1.165) is 21.4 Å². The van der Waals surface area contributed by atoms with Gasteiger partial charge in [0.2, 0.25) is 0 Å². The van der Waals surface area contributed by atoms with Crippen LogP contribution in [0.15, 0.2) is 34.8 Å². The van der Waals surface area contributed by atoms with Crippen LogP contribution in [0.2, 0.25) is 0 Å². The first-order valence-electron chi connectivity index (χ1n) is 5.31. The number of aryl methyl sites for hydroxylation is 2. The number of hydrogen-bond acceptors (Lipinski definition) is 6. The van der Waals surface area contributed by atoms with Crippen molar-refractivity contribution in [2.45, 2.75) is 23.9 Å². The lowest BCUT2D eigenvalue weighted by molar-refractivity contribution is 1.01. The van der Waals surface area contributed by atoms with Crippen LogP contribution in [0.4, 0.5) is 0 Å². The highest BCUT2D eigenvalue weighted by atomic mass is 32.2. The Hall–Kier alpha value is -1.14. The monoisotopic (exact) mass is 280 g/mol.